The Balaban J connectivity index is 1.51. The fourth-order valence-corrected chi connectivity index (χ4v) is 6.46. The summed E-state index contributed by atoms with van der Waals surface area (Å²) >= 11 is 0. The topological polar surface area (TPSA) is 70.9 Å². The van der Waals surface area contributed by atoms with Crippen LogP contribution in [-0.4, -0.2) is 81.5 Å². The van der Waals surface area contributed by atoms with Crippen LogP contribution in [0.1, 0.15) is 26.0 Å². The first-order chi connectivity index (χ1) is 16.9. The highest BCUT2D eigenvalue weighted by molar-refractivity contribution is 7.90. The van der Waals surface area contributed by atoms with Crippen LogP contribution < -0.4 is 9.80 Å². The molecule has 2 aliphatic rings. The predicted molar refractivity (Wildman–Crippen MR) is 140 cm³/mol. The van der Waals surface area contributed by atoms with E-state index in [-0.39, 0.29) is 11.0 Å². The number of hydrogen-bond donors (Lipinski definition) is 0. The Morgan fingerprint density at radius 3 is 2.49 bits per heavy atom. The minimum absolute atomic E-state index is 0.190. The van der Waals surface area contributed by atoms with E-state index in [0.717, 1.165) is 68.1 Å². The normalized spacial score (nSPS) is 19.7. The molecular formula is C26H35N5O3S. The molecule has 0 saturated carbocycles. The second kappa shape index (κ2) is 9.79. The van der Waals surface area contributed by atoms with Crippen molar-refractivity contribution in [3.8, 4) is 0 Å². The van der Waals surface area contributed by atoms with Crippen molar-refractivity contribution < 1.29 is 13.2 Å². The van der Waals surface area contributed by atoms with E-state index < -0.39 is 10.0 Å². The van der Waals surface area contributed by atoms with Crippen molar-refractivity contribution in [2.24, 2.45) is 0 Å². The van der Waals surface area contributed by atoms with Gasteiger partial charge in [-0.2, -0.15) is 17.6 Å². The molecule has 0 amide bonds. The molecule has 2 aromatic carbocycles. The molecule has 1 unspecified atom stereocenters. The molecule has 0 radical (unpaired) electrons. The zero-order valence-electron chi connectivity index (χ0n) is 20.9. The van der Waals surface area contributed by atoms with E-state index in [4.69, 9.17) is 4.74 Å². The monoisotopic (exact) mass is 497 g/mol. The van der Waals surface area contributed by atoms with Crippen LogP contribution in [0.25, 0.3) is 10.9 Å². The fourth-order valence-electron chi connectivity index (χ4n) is 5.12. The Labute approximate surface area is 208 Å². The summed E-state index contributed by atoms with van der Waals surface area (Å²) < 4.78 is 34.8. The predicted octanol–water partition coefficient (Wildman–Crippen LogP) is 3.20. The van der Waals surface area contributed by atoms with E-state index in [1.165, 1.54) is 4.09 Å². The lowest BCUT2D eigenvalue weighted by Gasteiger charge is -2.34. The number of aryl methyl sites for hydroxylation is 1. The van der Waals surface area contributed by atoms with Crippen molar-refractivity contribution in [1.29, 1.82) is 0 Å². The summed E-state index contributed by atoms with van der Waals surface area (Å²) in [6.07, 6.45) is 1.80. The molecule has 2 saturated heterocycles. The number of benzene rings is 2. The third kappa shape index (κ3) is 4.64. The van der Waals surface area contributed by atoms with Gasteiger partial charge in [0.1, 0.15) is 0 Å². The van der Waals surface area contributed by atoms with Crippen LogP contribution in [0.5, 0.6) is 0 Å². The minimum atomic E-state index is -3.87. The van der Waals surface area contributed by atoms with E-state index in [1.807, 2.05) is 38.1 Å². The molecular weight excluding hydrogens is 462 g/mol. The molecule has 1 aromatic heterocycles. The van der Waals surface area contributed by atoms with Crippen LogP contribution in [0.3, 0.4) is 0 Å². The highest BCUT2D eigenvalue weighted by atomic mass is 32.2. The van der Waals surface area contributed by atoms with Gasteiger partial charge in [-0.1, -0.05) is 13.0 Å². The number of piperazine rings is 1. The standard InChI is InChI=1S/C26H35N5O3S/c1-4-25-24-10-9-21(29-15-13-28(3)14-16-29)18-26(24)31(27-25)35(32,33)23-8-6-7-20(17-23)30-12-11-22(19-30)34-5-2/h6-10,17-18,22H,4-5,11-16,19H2,1-3H3. The summed E-state index contributed by atoms with van der Waals surface area (Å²) in [5.41, 5.74) is 3.38. The van der Waals surface area contributed by atoms with E-state index >= 15 is 0 Å². The summed E-state index contributed by atoms with van der Waals surface area (Å²) in [5, 5.41) is 5.48. The van der Waals surface area contributed by atoms with Gasteiger partial charge in [-0.25, -0.2) is 0 Å². The summed E-state index contributed by atoms with van der Waals surface area (Å²) in [5.74, 6) is 0. The van der Waals surface area contributed by atoms with Crippen LogP contribution >= 0.6 is 0 Å². The highest BCUT2D eigenvalue weighted by Gasteiger charge is 2.27. The molecule has 0 spiro atoms. The Morgan fingerprint density at radius 1 is 0.971 bits per heavy atom. The second-order valence-electron chi connectivity index (χ2n) is 9.45. The molecule has 8 nitrogen and oxygen atoms in total. The molecule has 3 aromatic rings. The lowest BCUT2D eigenvalue weighted by atomic mass is 10.1. The number of rotatable bonds is 7. The Hall–Kier alpha value is -2.62. The van der Waals surface area contributed by atoms with Crippen molar-refractivity contribution in [3.63, 3.8) is 0 Å². The largest absolute Gasteiger partial charge is 0.377 e. The molecule has 5 rings (SSSR count). The van der Waals surface area contributed by atoms with Crippen molar-refractivity contribution in [2.75, 3.05) is 62.7 Å². The lowest BCUT2D eigenvalue weighted by Crippen LogP contribution is -2.44. The first-order valence-corrected chi connectivity index (χ1v) is 14.0. The van der Waals surface area contributed by atoms with Crippen LogP contribution in [0.2, 0.25) is 0 Å². The highest BCUT2D eigenvalue weighted by Crippen LogP contribution is 2.30. The first-order valence-electron chi connectivity index (χ1n) is 12.6. The maximum atomic E-state index is 13.9. The number of ether oxygens (including phenoxy) is 1. The Bertz CT molecular complexity index is 1300. The number of fused-ring (bicyclic) bond motifs is 1. The number of hydrogen-bond acceptors (Lipinski definition) is 7. The van der Waals surface area contributed by atoms with E-state index in [0.29, 0.717) is 18.5 Å². The molecule has 3 heterocycles. The lowest BCUT2D eigenvalue weighted by molar-refractivity contribution is 0.0787. The quantitative estimate of drug-likeness (QED) is 0.496. The van der Waals surface area contributed by atoms with Gasteiger partial charge in [-0.3, -0.25) is 0 Å². The van der Waals surface area contributed by atoms with E-state index in [1.54, 1.807) is 12.1 Å². The third-order valence-electron chi connectivity index (χ3n) is 7.17. The minimum Gasteiger partial charge on any atom is -0.377 e. The third-order valence-corrected chi connectivity index (χ3v) is 8.75. The molecule has 2 fully saturated rings. The van der Waals surface area contributed by atoms with Gasteiger partial charge in [0, 0.05) is 62.6 Å². The van der Waals surface area contributed by atoms with E-state index in [2.05, 4.69) is 32.9 Å². The average molecular weight is 498 g/mol. The zero-order valence-corrected chi connectivity index (χ0v) is 21.7. The van der Waals surface area contributed by atoms with Crippen LogP contribution in [-0.2, 0) is 21.2 Å². The van der Waals surface area contributed by atoms with Gasteiger partial charge in [-0.05, 0) is 63.2 Å². The smallest absolute Gasteiger partial charge is 0.283 e. The van der Waals surface area contributed by atoms with Gasteiger partial charge in [0.25, 0.3) is 10.0 Å². The van der Waals surface area contributed by atoms with Crippen molar-refractivity contribution in [2.45, 2.75) is 37.7 Å². The van der Waals surface area contributed by atoms with Crippen molar-refractivity contribution in [1.82, 2.24) is 14.1 Å². The fraction of sp³-hybridized carbons (Fsp3) is 0.500. The number of likely N-dealkylation sites (N-methyl/N-ethyl adjacent to an activating group) is 1. The number of nitrogens with zero attached hydrogens (tertiary/aromatic N) is 5. The van der Waals surface area contributed by atoms with Gasteiger partial charge in [0.15, 0.2) is 0 Å². The van der Waals surface area contributed by atoms with Crippen molar-refractivity contribution in [3.05, 3.63) is 48.2 Å². The summed E-state index contributed by atoms with van der Waals surface area (Å²) in [6, 6.07) is 13.3. The zero-order chi connectivity index (χ0) is 24.6. The first kappa shape index (κ1) is 24.1. The molecule has 35 heavy (non-hydrogen) atoms. The molecule has 188 valence electrons. The van der Waals surface area contributed by atoms with Gasteiger partial charge in [-0.15, -0.1) is 0 Å². The average Bonchev–Trinajstić information content (AvgIpc) is 3.49. The number of anilines is 2. The summed E-state index contributed by atoms with van der Waals surface area (Å²) in [7, 11) is -1.74. The van der Waals surface area contributed by atoms with Crippen LogP contribution in [0, 0.1) is 0 Å². The molecule has 0 bridgehead atoms. The van der Waals surface area contributed by atoms with E-state index in [9.17, 15) is 8.42 Å². The number of aromatic nitrogens is 2. The molecule has 2 aliphatic heterocycles. The maximum Gasteiger partial charge on any atom is 0.283 e. The SMILES string of the molecule is CCOC1CCN(c2cccc(S(=O)(=O)n3nc(CC)c4ccc(N5CCN(C)CC5)cc43)c2)C1. The maximum absolute atomic E-state index is 13.9. The van der Waals surface area contributed by atoms with Crippen molar-refractivity contribution >= 4 is 32.3 Å². The second-order valence-corrected chi connectivity index (χ2v) is 11.2. The Morgan fingerprint density at radius 2 is 1.74 bits per heavy atom. The molecule has 0 aliphatic carbocycles. The van der Waals surface area contributed by atoms with Crippen LogP contribution in [0.15, 0.2) is 47.4 Å². The van der Waals surface area contributed by atoms with Gasteiger partial charge in [0.2, 0.25) is 0 Å². The van der Waals surface area contributed by atoms with Gasteiger partial charge < -0.3 is 19.4 Å². The summed E-state index contributed by atoms with van der Waals surface area (Å²) in [6.45, 7) is 10.2. The Kier molecular flexibility index (Phi) is 6.74. The molecule has 0 N–H and O–H groups in total. The van der Waals surface area contributed by atoms with Crippen LogP contribution in [0.4, 0.5) is 11.4 Å². The summed E-state index contributed by atoms with van der Waals surface area (Å²) in [4.78, 5) is 7.08. The molecule has 9 heteroatoms. The van der Waals surface area contributed by atoms with Gasteiger partial charge >= 0.3 is 0 Å². The van der Waals surface area contributed by atoms with Gasteiger partial charge in [0.05, 0.1) is 22.2 Å². The molecule has 1 atom stereocenters.